The van der Waals surface area contributed by atoms with E-state index in [1.165, 1.54) is 77.7 Å². The molecule has 24 heavy (non-hydrogen) atoms. The lowest BCUT2D eigenvalue weighted by atomic mass is 9.71. The summed E-state index contributed by atoms with van der Waals surface area (Å²) < 4.78 is 0. The highest BCUT2D eigenvalue weighted by molar-refractivity contribution is 4.92. The standard InChI is InChI=1S/C20H38N2.C2H6/c1-4-19-15-22(11-6-16(19)3)20-13-18(14-20)12-17-7-9-21(5-2)10-8-17;1-2/h16-20H,4-15H2,1-3H3;1-2H3/t16-,18?,19?,20?;/m0./s1. The highest BCUT2D eigenvalue weighted by Crippen LogP contribution is 2.40. The lowest BCUT2D eigenvalue weighted by molar-refractivity contribution is 0.0129. The summed E-state index contributed by atoms with van der Waals surface area (Å²) in [5.41, 5.74) is 0. The van der Waals surface area contributed by atoms with Crippen molar-refractivity contribution in [2.75, 3.05) is 32.7 Å². The van der Waals surface area contributed by atoms with E-state index in [2.05, 4.69) is 30.6 Å². The average Bonchev–Trinajstić information content (AvgIpc) is 2.61. The molecular weight excluding hydrogens is 292 g/mol. The van der Waals surface area contributed by atoms with Gasteiger partial charge >= 0.3 is 0 Å². The van der Waals surface area contributed by atoms with Crippen LogP contribution < -0.4 is 0 Å². The molecule has 3 rings (SSSR count). The average molecular weight is 337 g/mol. The number of piperidine rings is 2. The molecule has 3 aliphatic rings. The van der Waals surface area contributed by atoms with Gasteiger partial charge in [0.25, 0.3) is 0 Å². The van der Waals surface area contributed by atoms with Gasteiger partial charge in [-0.1, -0.05) is 41.0 Å². The molecule has 0 aromatic carbocycles. The third-order valence-corrected chi connectivity index (χ3v) is 7.22. The third kappa shape index (κ3) is 5.21. The number of hydrogen-bond acceptors (Lipinski definition) is 2. The van der Waals surface area contributed by atoms with E-state index in [4.69, 9.17) is 0 Å². The first-order chi connectivity index (χ1) is 11.7. The Hall–Kier alpha value is -0.0800. The monoisotopic (exact) mass is 336 g/mol. The van der Waals surface area contributed by atoms with Crippen molar-refractivity contribution in [2.24, 2.45) is 23.7 Å². The fourth-order valence-electron chi connectivity index (χ4n) is 5.24. The molecule has 1 saturated carbocycles. The van der Waals surface area contributed by atoms with Crippen LogP contribution in [0.15, 0.2) is 0 Å². The predicted molar refractivity (Wildman–Crippen MR) is 106 cm³/mol. The van der Waals surface area contributed by atoms with Crippen LogP contribution >= 0.6 is 0 Å². The molecule has 1 unspecified atom stereocenters. The zero-order chi connectivity index (χ0) is 17.5. The Labute approximate surface area is 152 Å². The van der Waals surface area contributed by atoms with E-state index in [1.54, 1.807) is 0 Å². The number of hydrogen-bond donors (Lipinski definition) is 0. The first-order valence-electron chi connectivity index (χ1n) is 11.2. The molecule has 3 fully saturated rings. The van der Waals surface area contributed by atoms with Gasteiger partial charge < -0.3 is 9.80 Å². The van der Waals surface area contributed by atoms with Crippen molar-refractivity contribution < 1.29 is 0 Å². The van der Waals surface area contributed by atoms with Gasteiger partial charge in [-0.05, 0) is 88.4 Å². The van der Waals surface area contributed by atoms with Crippen LogP contribution in [0.1, 0.15) is 79.6 Å². The SMILES string of the molecule is CC.CCC1CN(C2CC(CC3CCN(CC)CC3)C2)CC[C@@H]1C. The molecule has 2 atom stereocenters. The second-order valence-electron chi connectivity index (χ2n) is 8.53. The van der Waals surface area contributed by atoms with Gasteiger partial charge in [0.15, 0.2) is 0 Å². The van der Waals surface area contributed by atoms with Crippen molar-refractivity contribution >= 4 is 0 Å². The molecule has 0 spiro atoms. The summed E-state index contributed by atoms with van der Waals surface area (Å²) in [5, 5.41) is 0. The summed E-state index contributed by atoms with van der Waals surface area (Å²) in [6.45, 7) is 17.9. The van der Waals surface area contributed by atoms with E-state index in [0.29, 0.717) is 0 Å². The Morgan fingerprint density at radius 1 is 0.875 bits per heavy atom. The Kier molecular flexibility index (Phi) is 8.57. The van der Waals surface area contributed by atoms with Crippen LogP contribution in [0, 0.1) is 23.7 Å². The summed E-state index contributed by atoms with van der Waals surface area (Å²) >= 11 is 0. The molecule has 2 aliphatic heterocycles. The van der Waals surface area contributed by atoms with Gasteiger partial charge in [-0.3, -0.25) is 0 Å². The van der Waals surface area contributed by atoms with Crippen LogP contribution in [0.3, 0.4) is 0 Å². The predicted octanol–water partition coefficient (Wildman–Crippen LogP) is 5.28. The molecule has 0 aromatic rings. The van der Waals surface area contributed by atoms with Gasteiger partial charge in [0.2, 0.25) is 0 Å². The Balaban J connectivity index is 0.00000100. The van der Waals surface area contributed by atoms with Crippen LogP contribution in [-0.4, -0.2) is 48.6 Å². The molecule has 0 aromatic heterocycles. The van der Waals surface area contributed by atoms with Crippen molar-refractivity contribution in [3.8, 4) is 0 Å². The van der Waals surface area contributed by atoms with Crippen LogP contribution in [0.25, 0.3) is 0 Å². The second kappa shape index (κ2) is 10.2. The minimum atomic E-state index is 0.947. The summed E-state index contributed by atoms with van der Waals surface area (Å²) in [6.07, 6.45) is 10.3. The molecule has 2 heteroatoms. The van der Waals surface area contributed by atoms with Crippen LogP contribution in [0.2, 0.25) is 0 Å². The Bertz CT molecular complexity index is 329. The highest BCUT2D eigenvalue weighted by atomic mass is 15.2. The van der Waals surface area contributed by atoms with Crippen LogP contribution in [0.4, 0.5) is 0 Å². The zero-order valence-electron chi connectivity index (χ0n) is 17.3. The van der Waals surface area contributed by atoms with E-state index in [9.17, 15) is 0 Å². The fraction of sp³-hybridized carbons (Fsp3) is 1.00. The topological polar surface area (TPSA) is 6.48 Å². The fourth-order valence-corrected chi connectivity index (χ4v) is 5.24. The normalized spacial score (nSPS) is 35.9. The number of nitrogens with zero attached hydrogens (tertiary/aromatic N) is 2. The molecule has 0 amide bonds. The first kappa shape index (κ1) is 20.2. The molecule has 0 bridgehead atoms. The van der Waals surface area contributed by atoms with E-state index in [-0.39, 0.29) is 0 Å². The Morgan fingerprint density at radius 2 is 1.54 bits per heavy atom. The number of rotatable bonds is 5. The van der Waals surface area contributed by atoms with Crippen molar-refractivity contribution in [1.29, 1.82) is 0 Å². The molecule has 2 heterocycles. The second-order valence-corrected chi connectivity index (χ2v) is 8.53. The van der Waals surface area contributed by atoms with Crippen molar-refractivity contribution in [1.82, 2.24) is 9.80 Å². The minimum absolute atomic E-state index is 0.947. The van der Waals surface area contributed by atoms with Gasteiger partial charge in [0.1, 0.15) is 0 Å². The van der Waals surface area contributed by atoms with E-state index in [0.717, 1.165) is 29.7 Å². The summed E-state index contributed by atoms with van der Waals surface area (Å²) in [6, 6.07) is 0.947. The van der Waals surface area contributed by atoms with Crippen molar-refractivity contribution in [2.45, 2.75) is 85.6 Å². The molecule has 2 saturated heterocycles. The molecule has 0 N–H and O–H groups in total. The van der Waals surface area contributed by atoms with Crippen LogP contribution in [0.5, 0.6) is 0 Å². The Morgan fingerprint density at radius 3 is 2.12 bits per heavy atom. The zero-order valence-corrected chi connectivity index (χ0v) is 17.3. The van der Waals surface area contributed by atoms with E-state index in [1.807, 2.05) is 13.8 Å². The maximum Gasteiger partial charge on any atom is 0.0101 e. The summed E-state index contributed by atoms with van der Waals surface area (Å²) in [4.78, 5) is 5.48. The van der Waals surface area contributed by atoms with Gasteiger partial charge in [-0.25, -0.2) is 0 Å². The van der Waals surface area contributed by atoms with Gasteiger partial charge in [-0.2, -0.15) is 0 Å². The largest absolute Gasteiger partial charge is 0.304 e. The van der Waals surface area contributed by atoms with Crippen LogP contribution in [-0.2, 0) is 0 Å². The third-order valence-electron chi connectivity index (χ3n) is 7.22. The highest BCUT2D eigenvalue weighted by Gasteiger charge is 2.38. The van der Waals surface area contributed by atoms with Gasteiger partial charge in [0, 0.05) is 12.6 Å². The maximum absolute atomic E-state index is 2.85. The van der Waals surface area contributed by atoms with E-state index < -0.39 is 0 Å². The molecular formula is C22H44N2. The first-order valence-corrected chi connectivity index (χ1v) is 11.2. The molecule has 142 valence electrons. The lowest BCUT2D eigenvalue weighted by Gasteiger charge is -2.48. The van der Waals surface area contributed by atoms with Crippen molar-refractivity contribution in [3.05, 3.63) is 0 Å². The molecule has 2 nitrogen and oxygen atoms in total. The van der Waals surface area contributed by atoms with Crippen molar-refractivity contribution in [3.63, 3.8) is 0 Å². The molecule has 0 radical (unpaired) electrons. The summed E-state index contributed by atoms with van der Waals surface area (Å²) in [5.74, 6) is 4.02. The lowest BCUT2D eigenvalue weighted by Crippen LogP contribution is -2.51. The molecule has 1 aliphatic carbocycles. The van der Waals surface area contributed by atoms with Gasteiger partial charge in [0.05, 0.1) is 0 Å². The smallest absolute Gasteiger partial charge is 0.0101 e. The minimum Gasteiger partial charge on any atom is -0.304 e. The maximum atomic E-state index is 2.85. The van der Waals surface area contributed by atoms with Gasteiger partial charge in [-0.15, -0.1) is 0 Å². The quantitative estimate of drug-likeness (QED) is 0.674. The van der Waals surface area contributed by atoms with E-state index >= 15 is 0 Å². The number of likely N-dealkylation sites (tertiary alicyclic amines) is 2. The summed E-state index contributed by atoms with van der Waals surface area (Å²) in [7, 11) is 0.